The summed E-state index contributed by atoms with van der Waals surface area (Å²) in [7, 11) is 0. The molecule has 0 unspecified atom stereocenters. The molecule has 24 heavy (non-hydrogen) atoms. The van der Waals surface area contributed by atoms with Crippen LogP contribution in [0.5, 0.6) is 0 Å². The Morgan fingerprint density at radius 1 is 1.21 bits per heavy atom. The fourth-order valence-electron chi connectivity index (χ4n) is 2.63. The molecule has 0 amide bonds. The first-order valence-corrected chi connectivity index (χ1v) is 8.33. The third-order valence-corrected chi connectivity index (χ3v) is 3.98. The predicted molar refractivity (Wildman–Crippen MR) is 90.4 cm³/mol. The van der Waals surface area contributed by atoms with Crippen molar-refractivity contribution in [1.82, 2.24) is 15.1 Å². The second-order valence-corrected chi connectivity index (χ2v) is 5.74. The number of rotatable bonds is 9. The zero-order chi connectivity index (χ0) is 17.5. The lowest BCUT2D eigenvalue weighted by Crippen LogP contribution is -2.16. The van der Waals surface area contributed by atoms with Crippen LogP contribution in [0.4, 0.5) is 8.78 Å². The summed E-state index contributed by atoms with van der Waals surface area (Å²) in [4.78, 5) is 0. The largest absolute Gasteiger partial charge is 0.382 e. The Hall–Kier alpha value is -1.79. The van der Waals surface area contributed by atoms with Crippen LogP contribution < -0.4 is 5.32 Å². The zero-order valence-electron chi connectivity index (χ0n) is 14.5. The van der Waals surface area contributed by atoms with Crippen LogP contribution in [0.25, 0.3) is 5.69 Å². The summed E-state index contributed by atoms with van der Waals surface area (Å²) in [5.41, 5.74) is 3.02. The molecule has 0 saturated carbocycles. The van der Waals surface area contributed by atoms with Gasteiger partial charge in [0.1, 0.15) is 11.5 Å². The molecule has 2 rings (SSSR count). The fourth-order valence-corrected chi connectivity index (χ4v) is 2.63. The molecule has 6 heteroatoms. The number of aryl methyl sites for hydroxylation is 1. The van der Waals surface area contributed by atoms with Gasteiger partial charge in [0.05, 0.1) is 5.69 Å². The summed E-state index contributed by atoms with van der Waals surface area (Å²) in [6.45, 7) is 8.90. The molecule has 4 nitrogen and oxygen atoms in total. The van der Waals surface area contributed by atoms with Crippen molar-refractivity contribution in [2.24, 2.45) is 0 Å². The minimum atomic E-state index is -0.615. The van der Waals surface area contributed by atoms with Crippen molar-refractivity contribution in [2.45, 2.75) is 40.2 Å². The molecule has 1 N–H and O–H groups in total. The maximum absolute atomic E-state index is 14.0. The fraction of sp³-hybridized carbons (Fsp3) is 0.500. The maximum atomic E-state index is 14.0. The Morgan fingerprint density at radius 2 is 2.00 bits per heavy atom. The van der Waals surface area contributed by atoms with Gasteiger partial charge >= 0.3 is 0 Å². The third-order valence-electron chi connectivity index (χ3n) is 3.98. The first-order valence-electron chi connectivity index (χ1n) is 8.33. The van der Waals surface area contributed by atoms with Crippen molar-refractivity contribution in [1.29, 1.82) is 0 Å². The minimum absolute atomic E-state index is 0.264. The number of hydrogen-bond donors (Lipinski definition) is 1. The van der Waals surface area contributed by atoms with E-state index in [1.807, 2.05) is 20.8 Å². The lowest BCUT2D eigenvalue weighted by atomic mass is 10.2. The van der Waals surface area contributed by atoms with Crippen molar-refractivity contribution in [3.8, 4) is 5.69 Å². The quantitative estimate of drug-likeness (QED) is 0.710. The molecule has 1 aromatic heterocycles. The number of ether oxygens (including phenoxy) is 1. The van der Waals surface area contributed by atoms with Gasteiger partial charge in [0.15, 0.2) is 5.82 Å². The van der Waals surface area contributed by atoms with E-state index in [1.54, 1.807) is 0 Å². The SMILES string of the molecule is CCOCCCCNCc1c(C)nn(-c2ccc(F)cc2F)c1C. The standard InChI is InChI=1S/C18H25F2N3O/c1-4-24-10-6-5-9-21-12-16-13(2)22-23(14(16)3)18-8-7-15(19)11-17(18)20/h7-8,11,21H,4-6,9-10,12H2,1-3H3. The monoisotopic (exact) mass is 337 g/mol. The second-order valence-electron chi connectivity index (χ2n) is 5.74. The molecule has 0 atom stereocenters. The highest BCUT2D eigenvalue weighted by atomic mass is 19.1. The second kappa shape index (κ2) is 8.89. The van der Waals surface area contributed by atoms with E-state index in [1.165, 1.54) is 16.8 Å². The number of nitrogens with one attached hydrogen (secondary N) is 1. The van der Waals surface area contributed by atoms with Crippen LogP contribution in [0.3, 0.4) is 0 Å². The lowest BCUT2D eigenvalue weighted by Gasteiger charge is -2.08. The van der Waals surface area contributed by atoms with Crippen molar-refractivity contribution >= 4 is 0 Å². The van der Waals surface area contributed by atoms with Crippen molar-refractivity contribution in [2.75, 3.05) is 19.8 Å². The highest BCUT2D eigenvalue weighted by Crippen LogP contribution is 2.20. The Labute approximate surface area is 141 Å². The Bertz CT molecular complexity index is 671. The molecular formula is C18H25F2N3O. The van der Waals surface area contributed by atoms with Crippen LogP contribution in [0.2, 0.25) is 0 Å². The first-order chi connectivity index (χ1) is 11.5. The Kier molecular flexibility index (Phi) is 6.87. The number of benzene rings is 1. The lowest BCUT2D eigenvalue weighted by molar-refractivity contribution is 0.143. The smallest absolute Gasteiger partial charge is 0.151 e. The van der Waals surface area contributed by atoms with Crippen LogP contribution in [-0.4, -0.2) is 29.5 Å². The molecule has 0 aliphatic rings. The number of unbranched alkanes of at least 4 members (excludes halogenated alkanes) is 1. The minimum Gasteiger partial charge on any atom is -0.382 e. The highest BCUT2D eigenvalue weighted by Gasteiger charge is 2.15. The van der Waals surface area contributed by atoms with Gasteiger partial charge in [0.25, 0.3) is 0 Å². The summed E-state index contributed by atoms with van der Waals surface area (Å²) >= 11 is 0. The Morgan fingerprint density at radius 3 is 2.71 bits per heavy atom. The van der Waals surface area contributed by atoms with E-state index in [0.29, 0.717) is 6.54 Å². The van der Waals surface area contributed by atoms with E-state index < -0.39 is 11.6 Å². The van der Waals surface area contributed by atoms with Crippen LogP contribution >= 0.6 is 0 Å². The van der Waals surface area contributed by atoms with E-state index in [0.717, 1.165) is 55.6 Å². The van der Waals surface area contributed by atoms with E-state index >= 15 is 0 Å². The van der Waals surface area contributed by atoms with Gasteiger partial charge < -0.3 is 10.1 Å². The topological polar surface area (TPSA) is 39.1 Å². The molecule has 0 fully saturated rings. The van der Waals surface area contributed by atoms with Crippen LogP contribution in [0, 0.1) is 25.5 Å². The summed E-state index contributed by atoms with van der Waals surface area (Å²) in [6.07, 6.45) is 2.07. The molecular weight excluding hydrogens is 312 g/mol. The summed E-state index contributed by atoms with van der Waals surface area (Å²) < 4.78 is 33.9. The van der Waals surface area contributed by atoms with Crippen LogP contribution in [0.1, 0.15) is 36.7 Å². The van der Waals surface area contributed by atoms with E-state index in [9.17, 15) is 8.78 Å². The van der Waals surface area contributed by atoms with Gasteiger partial charge in [-0.05, 0) is 52.3 Å². The predicted octanol–water partition coefficient (Wildman–Crippen LogP) is 3.67. The van der Waals surface area contributed by atoms with Gasteiger partial charge in [-0.1, -0.05) is 0 Å². The molecule has 1 heterocycles. The molecule has 0 bridgehead atoms. The molecule has 0 aliphatic heterocycles. The van der Waals surface area contributed by atoms with E-state index in [-0.39, 0.29) is 5.69 Å². The number of halogens is 2. The maximum Gasteiger partial charge on any atom is 0.151 e. The normalized spacial score (nSPS) is 11.2. The first kappa shape index (κ1) is 18.5. The molecule has 0 aliphatic carbocycles. The molecule has 0 radical (unpaired) electrons. The molecule has 0 saturated heterocycles. The van der Waals surface area contributed by atoms with Gasteiger partial charge in [-0.15, -0.1) is 0 Å². The van der Waals surface area contributed by atoms with Crippen LogP contribution in [-0.2, 0) is 11.3 Å². The third kappa shape index (κ3) is 4.61. The number of aromatic nitrogens is 2. The van der Waals surface area contributed by atoms with E-state index in [2.05, 4.69) is 10.4 Å². The van der Waals surface area contributed by atoms with Gasteiger partial charge in [-0.25, -0.2) is 13.5 Å². The van der Waals surface area contributed by atoms with Crippen molar-refractivity contribution < 1.29 is 13.5 Å². The highest BCUT2D eigenvalue weighted by molar-refractivity contribution is 5.38. The summed E-state index contributed by atoms with van der Waals surface area (Å²) in [6, 6.07) is 3.53. The van der Waals surface area contributed by atoms with Gasteiger partial charge in [0.2, 0.25) is 0 Å². The van der Waals surface area contributed by atoms with Crippen molar-refractivity contribution in [3.63, 3.8) is 0 Å². The van der Waals surface area contributed by atoms with Crippen molar-refractivity contribution in [3.05, 3.63) is 46.8 Å². The summed E-state index contributed by atoms with van der Waals surface area (Å²) in [5.74, 6) is -1.21. The van der Waals surface area contributed by atoms with Gasteiger partial charge in [-0.2, -0.15) is 5.10 Å². The summed E-state index contributed by atoms with van der Waals surface area (Å²) in [5, 5.41) is 7.79. The van der Waals surface area contributed by atoms with Crippen LogP contribution in [0.15, 0.2) is 18.2 Å². The molecule has 1 aromatic carbocycles. The average molecular weight is 337 g/mol. The molecule has 132 valence electrons. The number of hydrogen-bond acceptors (Lipinski definition) is 3. The molecule has 0 spiro atoms. The van der Waals surface area contributed by atoms with E-state index in [4.69, 9.17) is 4.74 Å². The molecule has 2 aromatic rings. The number of nitrogens with zero attached hydrogens (tertiary/aromatic N) is 2. The Balaban J connectivity index is 1.99. The zero-order valence-corrected chi connectivity index (χ0v) is 14.5. The average Bonchev–Trinajstić information content (AvgIpc) is 2.81. The van der Waals surface area contributed by atoms with Gasteiger partial charge in [0, 0.05) is 37.1 Å². The van der Waals surface area contributed by atoms with Gasteiger partial charge in [-0.3, -0.25) is 0 Å².